The number of aliphatic hydroxyl groups is 1. The number of nitrogens with one attached hydrogen (secondary N) is 1. The number of piperidine rings is 1. The van der Waals surface area contributed by atoms with Crippen molar-refractivity contribution in [3.63, 3.8) is 0 Å². The van der Waals surface area contributed by atoms with Crippen LogP contribution < -0.4 is 10.2 Å². The lowest BCUT2D eigenvalue weighted by Gasteiger charge is -2.42. The van der Waals surface area contributed by atoms with Gasteiger partial charge in [-0.3, -0.25) is 9.59 Å². The van der Waals surface area contributed by atoms with E-state index in [1.165, 1.54) is 67.6 Å². The number of nitrogens with zero attached hydrogens (tertiary/aromatic N) is 2. The summed E-state index contributed by atoms with van der Waals surface area (Å²) < 4.78 is 103. The molecule has 4 rings (SSSR count). The van der Waals surface area contributed by atoms with E-state index >= 15 is 0 Å². The molecule has 2 N–H and O–H groups in total. The Labute approximate surface area is 274 Å². The molecule has 0 spiro atoms. The zero-order valence-corrected chi connectivity index (χ0v) is 26.9. The number of amides is 2. The Hall–Kier alpha value is -4.11. The molecule has 3 atom stereocenters. The molecule has 2 amide bonds. The Bertz CT molecular complexity index is 1680. The summed E-state index contributed by atoms with van der Waals surface area (Å²) in [4.78, 5) is 28.7. The maximum Gasteiger partial charge on any atom is 0.416 e. The second kappa shape index (κ2) is 14.6. The molecule has 8 nitrogen and oxygen atoms in total. The number of alkyl halides is 6. The van der Waals surface area contributed by atoms with E-state index in [4.69, 9.17) is 0 Å². The lowest BCUT2D eigenvalue weighted by atomic mass is 9.86. The van der Waals surface area contributed by atoms with Crippen molar-refractivity contribution in [3.8, 4) is 0 Å². The second-order valence-corrected chi connectivity index (χ2v) is 13.9. The zero-order valence-electron chi connectivity index (χ0n) is 26.1. The molecule has 1 aliphatic heterocycles. The van der Waals surface area contributed by atoms with Crippen LogP contribution in [0, 0.1) is 0 Å². The van der Waals surface area contributed by atoms with E-state index in [0.717, 1.165) is 19.2 Å². The van der Waals surface area contributed by atoms with Gasteiger partial charge in [0.1, 0.15) is 12.6 Å². The van der Waals surface area contributed by atoms with Gasteiger partial charge in [0.25, 0.3) is 5.91 Å². The van der Waals surface area contributed by atoms with Gasteiger partial charge in [0, 0.05) is 30.8 Å². The predicted octanol–water partition coefficient (Wildman–Crippen LogP) is 5.74. The summed E-state index contributed by atoms with van der Waals surface area (Å²) in [5.41, 5.74) is 0.794. The van der Waals surface area contributed by atoms with E-state index in [1.807, 2.05) is 0 Å². The van der Waals surface area contributed by atoms with Crippen molar-refractivity contribution in [2.45, 2.75) is 55.0 Å². The average molecular weight is 700 g/mol. The average Bonchev–Trinajstić information content (AvgIpc) is 3.05. The Morgan fingerprint density at radius 1 is 0.938 bits per heavy atom. The first-order chi connectivity index (χ1) is 22.4. The fourth-order valence-corrected chi connectivity index (χ4v) is 6.57. The number of anilines is 1. The summed E-state index contributed by atoms with van der Waals surface area (Å²) in [6.07, 6.45) is -8.67. The molecule has 48 heavy (non-hydrogen) atoms. The van der Waals surface area contributed by atoms with Crippen LogP contribution >= 0.6 is 0 Å². The van der Waals surface area contributed by atoms with Crippen LogP contribution in [0.25, 0.3) is 0 Å². The van der Waals surface area contributed by atoms with E-state index in [2.05, 4.69) is 5.32 Å². The minimum Gasteiger partial charge on any atom is -0.394 e. The van der Waals surface area contributed by atoms with Crippen LogP contribution in [0.1, 0.15) is 58.8 Å². The first-order valence-electron chi connectivity index (χ1n) is 15.0. The second-order valence-electron chi connectivity index (χ2n) is 11.6. The van der Waals surface area contributed by atoms with Gasteiger partial charge in [0.15, 0.2) is 9.84 Å². The number of aliphatic hydroxyl groups excluding tert-OH is 1. The van der Waals surface area contributed by atoms with Gasteiger partial charge in [-0.05, 0) is 72.5 Å². The van der Waals surface area contributed by atoms with Crippen LogP contribution in [0.15, 0.2) is 77.7 Å². The Kier molecular flexibility index (Phi) is 11.1. The normalized spacial score (nSPS) is 17.9. The number of halogens is 6. The number of carbonyl (C=O) groups is 2. The van der Waals surface area contributed by atoms with E-state index in [0.29, 0.717) is 28.1 Å². The summed E-state index contributed by atoms with van der Waals surface area (Å²) in [6, 6.07) is 14.4. The van der Waals surface area contributed by atoms with Crippen molar-refractivity contribution >= 4 is 27.3 Å². The van der Waals surface area contributed by atoms with Crippen molar-refractivity contribution in [1.82, 2.24) is 10.2 Å². The summed E-state index contributed by atoms with van der Waals surface area (Å²) in [7, 11) is -2.39. The highest BCUT2D eigenvalue weighted by Gasteiger charge is 2.39. The van der Waals surface area contributed by atoms with Crippen molar-refractivity contribution in [3.05, 3.63) is 95.1 Å². The minimum absolute atomic E-state index is 0.0885. The molecule has 1 unspecified atom stereocenters. The number of hydrogen-bond acceptors (Lipinski definition) is 6. The highest BCUT2D eigenvalue weighted by atomic mass is 32.2. The molecule has 0 saturated carbocycles. The monoisotopic (exact) mass is 699 g/mol. The fourth-order valence-electron chi connectivity index (χ4n) is 5.68. The highest BCUT2D eigenvalue weighted by Crippen LogP contribution is 2.36. The molecule has 0 aromatic heterocycles. The molecule has 1 heterocycles. The topological polar surface area (TPSA) is 107 Å². The number of carbonyl (C=O) groups excluding carboxylic acids is 2. The lowest BCUT2D eigenvalue weighted by Crippen LogP contribution is -2.53. The third-order valence-corrected chi connectivity index (χ3v) is 10.1. The first-order valence-corrected chi connectivity index (χ1v) is 16.7. The Morgan fingerprint density at radius 3 is 2.06 bits per heavy atom. The molecule has 1 saturated heterocycles. The van der Waals surface area contributed by atoms with Gasteiger partial charge in [-0.1, -0.05) is 31.2 Å². The molecule has 15 heteroatoms. The largest absolute Gasteiger partial charge is 0.416 e. The van der Waals surface area contributed by atoms with Crippen molar-refractivity contribution in [2.75, 3.05) is 37.4 Å². The third kappa shape index (κ3) is 8.86. The van der Waals surface area contributed by atoms with Gasteiger partial charge in [0.2, 0.25) is 5.91 Å². The highest BCUT2D eigenvalue weighted by molar-refractivity contribution is 7.91. The van der Waals surface area contributed by atoms with Crippen molar-refractivity contribution in [1.29, 1.82) is 0 Å². The number of sulfone groups is 1. The lowest BCUT2D eigenvalue weighted by molar-refractivity contribution is -0.159. The van der Waals surface area contributed by atoms with Crippen LogP contribution in [0.4, 0.5) is 32.0 Å². The smallest absolute Gasteiger partial charge is 0.394 e. The van der Waals surface area contributed by atoms with Gasteiger partial charge in [0.05, 0.1) is 28.9 Å². The van der Waals surface area contributed by atoms with Crippen LogP contribution in [0.5, 0.6) is 0 Å². The SMILES string of the molecule is CCS(=O)(=O)c1ccc([C@H](CO)NC(=O)c2ccc(N3CC(c4ccc(C(F)(F)F)cc4)CC[C@H]3C(=O)N(C)CC(F)(F)F)cc2)cc1. The van der Waals surface area contributed by atoms with Crippen molar-refractivity contribution < 1.29 is 49.5 Å². The quantitative estimate of drug-likeness (QED) is 0.262. The number of likely N-dealkylation sites (N-methyl/N-ethyl adjacent to an activating group) is 1. The van der Waals surface area contributed by atoms with E-state index < -0.39 is 64.8 Å². The molecule has 0 radical (unpaired) electrons. The molecule has 1 fully saturated rings. The van der Waals surface area contributed by atoms with Crippen LogP contribution in [0.2, 0.25) is 0 Å². The van der Waals surface area contributed by atoms with Crippen molar-refractivity contribution in [2.24, 2.45) is 0 Å². The third-order valence-electron chi connectivity index (χ3n) is 8.34. The molecule has 0 aliphatic carbocycles. The van der Waals surface area contributed by atoms with Gasteiger partial charge in [-0.25, -0.2) is 8.42 Å². The van der Waals surface area contributed by atoms with Gasteiger partial charge < -0.3 is 20.2 Å². The standard InChI is InChI=1S/C33H35F6N3O5S/c1-3-48(46,47)27-15-8-22(9-16-27)28(19-43)40-30(44)23-6-13-26(14-7-23)42-18-24(21-4-11-25(12-5-21)33(37,38)39)10-17-29(42)31(45)41(2)20-32(34,35)36/h4-9,11-16,24,28-29,43H,3,10,17-20H2,1-2H3,(H,40,44)/t24?,28-,29-/m0/s1. The summed E-state index contributed by atoms with van der Waals surface area (Å²) in [5, 5.41) is 12.6. The van der Waals surface area contributed by atoms with E-state index in [1.54, 1.807) is 4.90 Å². The molecule has 1 aliphatic rings. The molecule has 3 aromatic rings. The van der Waals surface area contributed by atoms with E-state index in [-0.39, 0.29) is 35.1 Å². The minimum atomic E-state index is -4.62. The van der Waals surface area contributed by atoms with Gasteiger partial charge in [-0.2, -0.15) is 26.3 Å². The summed E-state index contributed by atoms with van der Waals surface area (Å²) in [6.45, 7) is -0.319. The van der Waals surface area contributed by atoms with Crippen LogP contribution in [-0.4, -0.2) is 75.0 Å². The fraction of sp³-hybridized carbons (Fsp3) is 0.394. The van der Waals surface area contributed by atoms with Gasteiger partial charge in [-0.15, -0.1) is 0 Å². The van der Waals surface area contributed by atoms with Gasteiger partial charge >= 0.3 is 12.4 Å². The number of benzene rings is 3. The molecular weight excluding hydrogens is 664 g/mol. The molecule has 0 bridgehead atoms. The van der Waals surface area contributed by atoms with Crippen LogP contribution in [-0.2, 0) is 20.8 Å². The molecular formula is C33H35F6N3O5S. The predicted molar refractivity (Wildman–Crippen MR) is 166 cm³/mol. The Balaban J connectivity index is 1.56. The molecule has 3 aromatic carbocycles. The van der Waals surface area contributed by atoms with Crippen LogP contribution in [0.3, 0.4) is 0 Å². The maximum atomic E-state index is 13.3. The summed E-state index contributed by atoms with van der Waals surface area (Å²) in [5.74, 6) is -1.78. The zero-order chi connectivity index (χ0) is 35.4. The Morgan fingerprint density at radius 2 is 1.54 bits per heavy atom. The maximum absolute atomic E-state index is 13.3. The van der Waals surface area contributed by atoms with E-state index in [9.17, 15) is 49.5 Å². The number of hydrogen-bond donors (Lipinski definition) is 2. The first kappa shape index (κ1) is 36.7. The molecule has 260 valence electrons. The number of rotatable bonds is 10. The summed E-state index contributed by atoms with van der Waals surface area (Å²) >= 11 is 0.